The average molecular weight is 390 g/mol. The first-order valence-corrected chi connectivity index (χ1v) is 8.02. The quantitative estimate of drug-likeness (QED) is 0.729. The third-order valence-electron chi connectivity index (χ3n) is 3.34. The molecule has 7 nitrogen and oxygen atoms in total. The van der Waals surface area contributed by atoms with Gasteiger partial charge < -0.3 is 10.6 Å². The van der Waals surface area contributed by atoms with E-state index in [1.54, 1.807) is 19.1 Å². The van der Waals surface area contributed by atoms with E-state index in [9.17, 15) is 9.59 Å². The standard InChI is InChI=1S/C16H16BrN5O2/c1-9(7-18)8-19-16(24)13-12(17)14(22-21-13)20-15(23)11-6-4-3-5-10(11)2/h3-6,9H,8H2,1-2H3,(H,19,24)(H2,20,21,22,23). The van der Waals surface area contributed by atoms with Gasteiger partial charge >= 0.3 is 0 Å². The Morgan fingerprint density at radius 2 is 2.08 bits per heavy atom. The molecule has 1 aromatic heterocycles. The van der Waals surface area contributed by atoms with Crippen LogP contribution in [0, 0.1) is 24.2 Å². The van der Waals surface area contributed by atoms with Crippen molar-refractivity contribution < 1.29 is 9.59 Å². The van der Waals surface area contributed by atoms with E-state index in [0.717, 1.165) is 5.56 Å². The van der Waals surface area contributed by atoms with Crippen molar-refractivity contribution in [2.45, 2.75) is 13.8 Å². The van der Waals surface area contributed by atoms with Gasteiger partial charge in [-0.3, -0.25) is 14.7 Å². The van der Waals surface area contributed by atoms with Gasteiger partial charge in [-0.25, -0.2) is 0 Å². The first-order chi connectivity index (χ1) is 11.4. The minimum atomic E-state index is -0.409. The molecule has 0 radical (unpaired) electrons. The van der Waals surface area contributed by atoms with Gasteiger partial charge in [-0.05, 0) is 41.4 Å². The molecule has 1 heterocycles. The third-order valence-corrected chi connectivity index (χ3v) is 4.12. The normalized spacial score (nSPS) is 11.4. The first kappa shape index (κ1) is 17.7. The molecule has 0 saturated heterocycles. The van der Waals surface area contributed by atoms with Gasteiger partial charge in [-0.15, -0.1) is 0 Å². The lowest BCUT2D eigenvalue weighted by Gasteiger charge is -2.06. The fourth-order valence-corrected chi connectivity index (χ4v) is 2.40. The predicted octanol–water partition coefficient (Wildman–Crippen LogP) is 2.62. The van der Waals surface area contributed by atoms with Crippen LogP contribution in [0.4, 0.5) is 5.82 Å². The highest BCUT2D eigenvalue weighted by Crippen LogP contribution is 2.24. The Hall–Kier alpha value is -2.66. The summed E-state index contributed by atoms with van der Waals surface area (Å²) in [7, 11) is 0. The number of aryl methyl sites for hydroxylation is 1. The Balaban J connectivity index is 2.10. The van der Waals surface area contributed by atoms with E-state index in [1.807, 2.05) is 25.1 Å². The zero-order chi connectivity index (χ0) is 17.7. The smallest absolute Gasteiger partial charge is 0.270 e. The number of aromatic nitrogens is 2. The molecule has 0 aliphatic carbocycles. The molecule has 3 N–H and O–H groups in total. The summed E-state index contributed by atoms with van der Waals surface area (Å²) in [6.07, 6.45) is 0. The van der Waals surface area contributed by atoms with Crippen LogP contribution in [0.2, 0.25) is 0 Å². The van der Waals surface area contributed by atoms with E-state index in [2.05, 4.69) is 36.8 Å². The summed E-state index contributed by atoms with van der Waals surface area (Å²) >= 11 is 3.26. The fourth-order valence-electron chi connectivity index (χ4n) is 1.94. The number of benzene rings is 1. The zero-order valence-electron chi connectivity index (χ0n) is 13.2. The van der Waals surface area contributed by atoms with Crippen LogP contribution in [0.3, 0.4) is 0 Å². The maximum atomic E-state index is 12.3. The van der Waals surface area contributed by atoms with Crippen LogP contribution in [0.5, 0.6) is 0 Å². The third kappa shape index (κ3) is 4.00. The highest BCUT2D eigenvalue weighted by Gasteiger charge is 2.20. The Morgan fingerprint density at radius 3 is 2.75 bits per heavy atom. The molecule has 1 aromatic carbocycles. The van der Waals surface area contributed by atoms with Crippen molar-refractivity contribution in [3.63, 3.8) is 0 Å². The Labute approximate surface area is 147 Å². The number of rotatable bonds is 5. The second kappa shape index (κ2) is 7.75. The summed E-state index contributed by atoms with van der Waals surface area (Å²) in [6, 6.07) is 9.20. The minimum absolute atomic E-state index is 0.181. The summed E-state index contributed by atoms with van der Waals surface area (Å²) < 4.78 is 0.353. The number of anilines is 1. The van der Waals surface area contributed by atoms with Crippen molar-refractivity contribution in [2.24, 2.45) is 5.92 Å². The van der Waals surface area contributed by atoms with Crippen LogP contribution in [-0.4, -0.2) is 28.6 Å². The first-order valence-electron chi connectivity index (χ1n) is 7.22. The molecule has 24 heavy (non-hydrogen) atoms. The number of carbonyl (C=O) groups is 2. The van der Waals surface area contributed by atoms with Gasteiger partial charge in [-0.1, -0.05) is 18.2 Å². The highest BCUT2D eigenvalue weighted by atomic mass is 79.9. The molecule has 0 aliphatic rings. The van der Waals surface area contributed by atoms with Crippen molar-refractivity contribution in [1.82, 2.24) is 15.5 Å². The van der Waals surface area contributed by atoms with E-state index in [0.29, 0.717) is 10.0 Å². The molecular formula is C16H16BrN5O2. The molecule has 0 fully saturated rings. The molecule has 0 saturated carbocycles. The predicted molar refractivity (Wildman–Crippen MR) is 92.5 cm³/mol. The molecule has 8 heteroatoms. The highest BCUT2D eigenvalue weighted by molar-refractivity contribution is 9.10. The number of aromatic amines is 1. The zero-order valence-corrected chi connectivity index (χ0v) is 14.8. The van der Waals surface area contributed by atoms with E-state index in [-0.39, 0.29) is 29.9 Å². The van der Waals surface area contributed by atoms with Gasteiger partial charge in [0.1, 0.15) is 5.69 Å². The van der Waals surface area contributed by atoms with E-state index in [4.69, 9.17) is 5.26 Å². The van der Waals surface area contributed by atoms with Gasteiger partial charge in [0.15, 0.2) is 5.82 Å². The molecular weight excluding hydrogens is 374 g/mol. The Kier molecular flexibility index (Phi) is 5.71. The van der Waals surface area contributed by atoms with Gasteiger partial charge in [-0.2, -0.15) is 10.4 Å². The van der Waals surface area contributed by atoms with Crippen molar-refractivity contribution in [3.05, 3.63) is 45.6 Å². The Bertz CT molecular complexity index is 809. The summed E-state index contributed by atoms with van der Waals surface area (Å²) in [5.41, 5.74) is 1.55. The van der Waals surface area contributed by atoms with Gasteiger partial charge in [0.05, 0.1) is 16.5 Å². The van der Waals surface area contributed by atoms with Crippen LogP contribution in [0.1, 0.15) is 33.3 Å². The molecule has 2 aromatic rings. The molecule has 0 aliphatic heterocycles. The second-order valence-electron chi connectivity index (χ2n) is 5.27. The van der Waals surface area contributed by atoms with Crippen molar-refractivity contribution in [2.75, 3.05) is 11.9 Å². The van der Waals surface area contributed by atoms with Crippen LogP contribution >= 0.6 is 15.9 Å². The number of hydrogen-bond donors (Lipinski definition) is 3. The van der Waals surface area contributed by atoms with E-state index in [1.165, 1.54) is 0 Å². The Morgan fingerprint density at radius 1 is 1.38 bits per heavy atom. The number of amides is 2. The van der Waals surface area contributed by atoms with Crippen LogP contribution in [0.15, 0.2) is 28.7 Å². The molecule has 2 rings (SSSR count). The number of H-pyrrole nitrogens is 1. The SMILES string of the molecule is Cc1ccccc1C(=O)Nc1n[nH]c(C(=O)NCC(C)C#N)c1Br. The summed E-state index contributed by atoms with van der Waals surface area (Å²) in [6.45, 7) is 3.77. The summed E-state index contributed by atoms with van der Waals surface area (Å²) in [4.78, 5) is 24.4. The van der Waals surface area contributed by atoms with E-state index < -0.39 is 5.91 Å². The van der Waals surface area contributed by atoms with Crippen LogP contribution in [0.25, 0.3) is 0 Å². The molecule has 0 bridgehead atoms. The number of nitrogens with zero attached hydrogens (tertiary/aromatic N) is 2. The monoisotopic (exact) mass is 389 g/mol. The summed E-state index contributed by atoms with van der Waals surface area (Å²) in [5, 5.41) is 20.5. The number of halogens is 1. The topological polar surface area (TPSA) is 111 Å². The van der Waals surface area contributed by atoms with E-state index >= 15 is 0 Å². The van der Waals surface area contributed by atoms with Crippen molar-refractivity contribution in [1.29, 1.82) is 5.26 Å². The van der Waals surface area contributed by atoms with Crippen molar-refractivity contribution >= 4 is 33.6 Å². The largest absolute Gasteiger partial charge is 0.349 e. The molecule has 0 spiro atoms. The number of nitriles is 1. The summed E-state index contributed by atoms with van der Waals surface area (Å²) in [5.74, 6) is -0.796. The maximum Gasteiger partial charge on any atom is 0.270 e. The minimum Gasteiger partial charge on any atom is -0.349 e. The van der Waals surface area contributed by atoms with Crippen LogP contribution < -0.4 is 10.6 Å². The number of nitrogens with one attached hydrogen (secondary N) is 3. The average Bonchev–Trinajstić information content (AvgIpc) is 2.93. The lowest BCUT2D eigenvalue weighted by molar-refractivity contribution is 0.0944. The van der Waals surface area contributed by atoms with Crippen LogP contribution in [-0.2, 0) is 0 Å². The molecule has 1 unspecified atom stereocenters. The van der Waals surface area contributed by atoms with Gasteiger partial charge in [0.25, 0.3) is 11.8 Å². The fraction of sp³-hybridized carbons (Fsp3) is 0.250. The molecule has 2 amide bonds. The molecule has 124 valence electrons. The van der Waals surface area contributed by atoms with Gasteiger partial charge in [0.2, 0.25) is 0 Å². The second-order valence-corrected chi connectivity index (χ2v) is 6.06. The molecule has 1 atom stereocenters. The van der Waals surface area contributed by atoms with Gasteiger partial charge in [0, 0.05) is 12.1 Å². The lowest BCUT2D eigenvalue weighted by Crippen LogP contribution is -2.28. The number of hydrogen-bond acceptors (Lipinski definition) is 4. The lowest BCUT2D eigenvalue weighted by atomic mass is 10.1. The van der Waals surface area contributed by atoms with Crippen molar-refractivity contribution in [3.8, 4) is 6.07 Å². The maximum absolute atomic E-state index is 12.3. The number of carbonyl (C=O) groups excluding carboxylic acids is 2.